The minimum Gasteiger partial charge on any atom is -0.352 e. The van der Waals surface area contributed by atoms with Gasteiger partial charge in [0.1, 0.15) is 0 Å². The van der Waals surface area contributed by atoms with E-state index in [0.29, 0.717) is 23.9 Å². The fourth-order valence-corrected chi connectivity index (χ4v) is 3.87. The Kier molecular flexibility index (Phi) is 4.42. The van der Waals surface area contributed by atoms with E-state index in [4.69, 9.17) is 5.73 Å². The first-order chi connectivity index (χ1) is 10.8. The summed E-state index contributed by atoms with van der Waals surface area (Å²) in [5.41, 5.74) is 10.3. The van der Waals surface area contributed by atoms with Gasteiger partial charge in [0.25, 0.3) is 5.91 Å². The molecule has 3 nitrogen and oxygen atoms in total. The molecule has 0 bridgehead atoms. The van der Waals surface area contributed by atoms with Crippen LogP contribution in [0.4, 0.5) is 0 Å². The standard InChI is InChI=1S/C19H20N2O.ClH/c20-10-12-5-7-13(8-6-12)19(22)21-11-17-16-9-14-3-1-2-4-15(14)18(16)17;/h1-8,16-18H,9-11,20H2,(H,21,22);1H. The quantitative estimate of drug-likeness (QED) is 0.906. The van der Waals surface area contributed by atoms with Crippen molar-refractivity contribution in [2.75, 3.05) is 6.54 Å². The van der Waals surface area contributed by atoms with Gasteiger partial charge in [0.15, 0.2) is 0 Å². The molecule has 4 heteroatoms. The Morgan fingerprint density at radius 3 is 2.61 bits per heavy atom. The zero-order chi connectivity index (χ0) is 15.1. The Hall–Kier alpha value is -1.84. The summed E-state index contributed by atoms with van der Waals surface area (Å²) in [5, 5.41) is 3.09. The maximum absolute atomic E-state index is 12.2. The number of carbonyl (C=O) groups is 1. The lowest BCUT2D eigenvalue weighted by molar-refractivity contribution is 0.0951. The summed E-state index contributed by atoms with van der Waals surface area (Å²) in [4.78, 5) is 12.2. The number of hydrogen-bond acceptors (Lipinski definition) is 2. The van der Waals surface area contributed by atoms with Crippen molar-refractivity contribution in [3.05, 3.63) is 70.8 Å². The van der Waals surface area contributed by atoms with Gasteiger partial charge in [-0.2, -0.15) is 0 Å². The second-order valence-electron chi connectivity index (χ2n) is 6.37. The molecule has 0 saturated heterocycles. The summed E-state index contributed by atoms with van der Waals surface area (Å²) in [7, 11) is 0. The largest absolute Gasteiger partial charge is 0.352 e. The number of hydrogen-bond donors (Lipinski definition) is 2. The minimum absolute atomic E-state index is 0. The first-order valence-corrected chi connectivity index (χ1v) is 7.93. The van der Waals surface area contributed by atoms with Crippen LogP contribution >= 0.6 is 12.4 Å². The monoisotopic (exact) mass is 328 g/mol. The second kappa shape index (κ2) is 6.34. The average molecular weight is 329 g/mol. The van der Waals surface area contributed by atoms with Crippen molar-refractivity contribution in [3.63, 3.8) is 0 Å². The summed E-state index contributed by atoms with van der Waals surface area (Å²) in [6.07, 6.45) is 1.17. The zero-order valence-electron chi connectivity index (χ0n) is 12.9. The fraction of sp³-hybridized carbons (Fsp3) is 0.316. The topological polar surface area (TPSA) is 55.1 Å². The van der Waals surface area contributed by atoms with Gasteiger partial charge in [-0.1, -0.05) is 36.4 Å². The van der Waals surface area contributed by atoms with E-state index in [1.807, 2.05) is 24.3 Å². The Morgan fingerprint density at radius 2 is 1.87 bits per heavy atom. The predicted molar refractivity (Wildman–Crippen MR) is 93.8 cm³/mol. The molecule has 0 aliphatic heterocycles. The SMILES string of the molecule is Cl.NCc1ccc(C(=O)NCC2C3Cc4ccccc4C23)cc1. The summed E-state index contributed by atoms with van der Waals surface area (Å²) in [5.74, 6) is 2.03. The van der Waals surface area contributed by atoms with Gasteiger partial charge in [-0.05, 0) is 53.0 Å². The van der Waals surface area contributed by atoms with Gasteiger partial charge in [-0.3, -0.25) is 4.79 Å². The van der Waals surface area contributed by atoms with Crippen LogP contribution in [-0.2, 0) is 13.0 Å². The smallest absolute Gasteiger partial charge is 0.251 e. The van der Waals surface area contributed by atoms with E-state index in [1.54, 1.807) is 0 Å². The molecule has 120 valence electrons. The first kappa shape index (κ1) is 16.0. The van der Waals surface area contributed by atoms with Crippen LogP contribution in [0.25, 0.3) is 0 Å². The lowest BCUT2D eigenvalue weighted by atomic mass is 10.0. The predicted octanol–water partition coefficient (Wildman–Crippen LogP) is 2.88. The van der Waals surface area contributed by atoms with E-state index in [-0.39, 0.29) is 18.3 Å². The van der Waals surface area contributed by atoms with Gasteiger partial charge >= 0.3 is 0 Å². The molecule has 1 saturated carbocycles. The summed E-state index contributed by atoms with van der Waals surface area (Å²) >= 11 is 0. The number of benzene rings is 2. The van der Waals surface area contributed by atoms with Crippen molar-refractivity contribution < 1.29 is 4.79 Å². The van der Waals surface area contributed by atoms with Crippen LogP contribution in [0.3, 0.4) is 0 Å². The van der Waals surface area contributed by atoms with Gasteiger partial charge in [-0.15, -0.1) is 12.4 Å². The fourth-order valence-electron chi connectivity index (χ4n) is 3.87. The van der Waals surface area contributed by atoms with Crippen LogP contribution in [0.15, 0.2) is 48.5 Å². The third-order valence-corrected chi connectivity index (χ3v) is 5.15. The molecule has 2 aliphatic carbocycles. The highest BCUT2D eigenvalue weighted by Crippen LogP contribution is 2.60. The number of fused-ring (bicyclic) bond motifs is 3. The molecule has 2 aromatic carbocycles. The highest BCUT2D eigenvalue weighted by Gasteiger charge is 2.54. The molecular formula is C19H21ClN2O. The minimum atomic E-state index is 0. The third-order valence-electron chi connectivity index (χ3n) is 5.15. The number of rotatable bonds is 4. The van der Waals surface area contributed by atoms with Crippen molar-refractivity contribution in [2.45, 2.75) is 18.9 Å². The Morgan fingerprint density at radius 1 is 1.13 bits per heavy atom. The molecule has 3 N–H and O–H groups in total. The Bertz CT molecular complexity index is 714. The van der Waals surface area contributed by atoms with Crippen LogP contribution in [0.5, 0.6) is 0 Å². The maximum Gasteiger partial charge on any atom is 0.251 e. The molecule has 2 aromatic rings. The van der Waals surface area contributed by atoms with Crippen LogP contribution in [0.2, 0.25) is 0 Å². The summed E-state index contributed by atoms with van der Waals surface area (Å²) < 4.78 is 0. The van der Waals surface area contributed by atoms with E-state index >= 15 is 0 Å². The molecule has 4 rings (SSSR count). The van der Waals surface area contributed by atoms with E-state index in [9.17, 15) is 4.79 Å². The van der Waals surface area contributed by atoms with Crippen LogP contribution in [-0.4, -0.2) is 12.5 Å². The van der Waals surface area contributed by atoms with Crippen molar-refractivity contribution >= 4 is 18.3 Å². The van der Waals surface area contributed by atoms with E-state index < -0.39 is 0 Å². The lowest BCUT2D eigenvalue weighted by Crippen LogP contribution is -2.26. The number of carbonyl (C=O) groups excluding carboxylic acids is 1. The van der Waals surface area contributed by atoms with Crippen molar-refractivity contribution in [2.24, 2.45) is 17.6 Å². The van der Waals surface area contributed by atoms with Gasteiger partial charge < -0.3 is 11.1 Å². The molecule has 0 spiro atoms. The molecule has 2 aliphatic rings. The molecule has 23 heavy (non-hydrogen) atoms. The van der Waals surface area contributed by atoms with E-state index in [0.717, 1.165) is 18.0 Å². The molecular weight excluding hydrogens is 308 g/mol. The molecule has 0 aromatic heterocycles. The van der Waals surface area contributed by atoms with Crippen molar-refractivity contribution in [1.82, 2.24) is 5.32 Å². The highest BCUT2D eigenvalue weighted by atomic mass is 35.5. The number of nitrogens with two attached hydrogens (primary N) is 1. The molecule has 3 atom stereocenters. The second-order valence-corrected chi connectivity index (χ2v) is 6.37. The van der Waals surface area contributed by atoms with Crippen molar-refractivity contribution in [1.29, 1.82) is 0 Å². The van der Waals surface area contributed by atoms with Gasteiger partial charge in [-0.25, -0.2) is 0 Å². The first-order valence-electron chi connectivity index (χ1n) is 7.93. The Balaban J connectivity index is 0.00000156. The Labute approximate surface area is 142 Å². The normalized spacial score (nSPS) is 23.4. The van der Waals surface area contributed by atoms with Crippen LogP contribution in [0, 0.1) is 11.8 Å². The number of amides is 1. The molecule has 0 radical (unpaired) electrons. The van der Waals surface area contributed by atoms with Crippen molar-refractivity contribution in [3.8, 4) is 0 Å². The number of halogens is 1. The van der Waals surface area contributed by atoms with Crippen LogP contribution < -0.4 is 11.1 Å². The van der Waals surface area contributed by atoms with Crippen LogP contribution in [0.1, 0.15) is 33.0 Å². The van der Waals surface area contributed by atoms with Gasteiger partial charge in [0.2, 0.25) is 0 Å². The lowest BCUT2D eigenvalue weighted by Gasteiger charge is -2.09. The average Bonchev–Trinajstić information content (AvgIpc) is 3.11. The highest BCUT2D eigenvalue weighted by molar-refractivity contribution is 5.94. The molecule has 0 heterocycles. The van der Waals surface area contributed by atoms with E-state index in [1.165, 1.54) is 17.5 Å². The number of nitrogens with one attached hydrogen (secondary N) is 1. The zero-order valence-corrected chi connectivity index (χ0v) is 13.7. The maximum atomic E-state index is 12.2. The summed E-state index contributed by atoms with van der Waals surface area (Å²) in [6, 6.07) is 16.2. The summed E-state index contributed by atoms with van der Waals surface area (Å²) in [6.45, 7) is 1.29. The third kappa shape index (κ3) is 2.87. The van der Waals surface area contributed by atoms with E-state index in [2.05, 4.69) is 29.6 Å². The molecule has 3 unspecified atom stereocenters. The van der Waals surface area contributed by atoms with Gasteiger partial charge in [0.05, 0.1) is 0 Å². The van der Waals surface area contributed by atoms with Gasteiger partial charge in [0, 0.05) is 18.7 Å². The molecule has 1 fully saturated rings. The molecule has 1 amide bonds.